The van der Waals surface area contributed by atoms with E-state index in [1.807, 2.05) is 38.1 Å². The Balaban J connectivity index is 2.04. The Labute approximate surface area is 133 Å². The Morgan fingerprint density at radius 3 is 2.45 bits per heavy atom. The lowest BCUT2D eigenvalue weighted by Crippen LogP contribution is -2.08. The minimum Gasteiger partial charge on any atom is -0.392 e. The molecule has 3 nitrogen and oxygen atoms in total. The molecule has 0 aliphatic heterocycles. The van der Waals surface area contributed by atoms with E-state index in [-0.39, 0.29) is 18.8 Å². The van der Waals surface area contributed by atoms with Crippen LogP contribution in [0, 0.1) is 0 Å². The third-order valence-corrected chi connectivity index (χ3v) is 3.53. The Morgan fingerprint density at radius 2 is 1.73 bits per heavy atom. The van der Waals surface area contributed by atoms with Crippen molar-refractivity contribution in [3.63, 3.8) is 0 Å². The molecule has 3 heteroatoms. The maximum atomic E-state index is 9.24. The van der Waals surface area contributed by atoms with Crippen LogP contribution in [-0.2, 0) is 18.0 Å². The van der Waals surface area contributed by atoms with Crippen LogP contribution in [0.2, 0.25) is 0 Å². The van der Waals surface area contributed by atoms with Gasteiger partial charge in [-0.15, -0.1) is 0 Å². The second-order valence-corrected chi connectivity index (χ2v) is 5.83. The normalized spacial score (nSPS) is 12.4. The SMILES string of the molecule is CC(C)OCc1cccc(NC(C)c2cccc(CO)c2)c1. The van der Waals surface area contributed by atoms with E-state index in [1.165, 1.54) is 0 Å². The number of aliphatic hydroxyl groups excluding tert-OH is 1. The third kappa shape index (κ3) is 4.86. The van der Waals surface area contributed by atoms with E-state index in [0.717, 1.165) is 22.4 Å². The highest BCUT2D eigenvalue weighted by Gasteiger charge is 2.06. The fourth-order valence-corrected chi connectivity index (χ4v) is 2.31. The summed E-state index contributed by atoms with van der Waals surface area (Å²) < 4.78 is 5.65. The second kappa shape index (κ2) is 7.97. The molecule has 2 aromatic carbocycles. The van der Waals surface area contributed by atoms with Gasteiger partial charge in [0.15, 0.2) is 0 Å². The third-order valence-electron chi connectivity index (χ3n) is 3.53. The summed E-state index contributed by atoms with van der Waals surface area (Å²) >= 11 is 0. The Kier molecular flexibility index (Phi) is 5.99. The highest BCUT2D eigenvalue weighted by molar-refractivity contribution is 5.47. The average molecular weight is 299 g/mol. The molecule has 0 bridgehead atoms. The first-order chi connectivity index (χ1) is 10.6. The van der Waals surface area contributed by atoms with Crippen molar-refractivity contribution in [3.8, 4) is 0 Å². The first kappa shape index (κ1) is 16.5. The van der Waals surface area contributed by atoms with E-state index in [1.54, 1.807) is 0 Å². The molecular formula is C19H25NO2. The van der Waals surface area contributed by atoms with Gasteiger partial charge in [-0.1, -0.05) is 36.4 Å². The molecule has 2 N–H and O–H groups in total. The van der Waals surface area contributed by atoms with E-state index in [9.17, 15) is 5.11 Å². The molecule has 2 rings (SSSR count). The maximum Gasteiger partial charge on any atom is 0.0721 e. The Morgan fingerprint density at radius 1 is 1.00 bits per heavy atom. The molecule has 2 aromatic rings. The number of ether oxygens (including phenoxy) is 1. The molecule has 0 amide bonds. The summed E-state index contributed by atoms with van der Waals surface area (Å²) in [5, 5.41) is 12.7. The maximum absolute atomic E-state index is 9.24. The zero-order valence-electron chi connectivity index (χ0n) is 13.5. The standard InChI is InChI=1S/C19H25NO2/c1-14(2)22-13-17-7-5-9-19(11-17)20-15(3)18-8-4-6-16(10-18)12-21/h4-11,14-15,20-21H,12-13H2,1-3H3. The lowest BCUT2D eigenvalue weighted by molar-refractivity contribution is 0.0657. The van der Waals surface area contributed by atoms with E-state index >= 15 is 0 Å². The minimum absolute atomic E-state index is 0.0720. The van der Waals surface area contributed by atoms with Crippen molar-refractivity contribution in [2.75, 3.05) is 5.32 Å². The van der Waals surface area contributed by atoms with Gasteiger partial charge in [0, 0.05) is 11.7 Å². The smallest absolute Gasteiger partial charge is 0.0721 e. The monoisotopic (exact) mass is 299 g/mol. The van der Waals surface area contributed by atoms with Crippen LogP contribution in [0.3, 0.4) is 0 Å². The topological polar surface area (TPSA) is 41.5 Å². The molecule has 0 aliphatic rings. The van der Waals surface area contributed by atoms with Gasteiger partial charge in [0.25, 0.3) is 0 Å². The molecule has 0 radical (unpaired) electrons. The number of aliphatic hydroxyl groups is 1. The molecule has 0 fully saturated rings. The number of nitrogens with one attached hydrogen (secondary N) is 1. The van der Waals surface area contributed by atoms with Gasteiger partial charge in [0.1, 0.15) is 0 Å². The predicted octanol–water partition coefficient (Wildman–Crippen LogP) is 4.28. The number of benzene rings is 2. The zero-order valence-corrected chi connectivity index (χ0v) is 13.5. The van der Waals surface area contributed by atoms with Crippen LogP contribution in [0.1, 0.15) is 43.5 Å². The fraction of sp³-hybridized carbons (Fsp3) is 0.368. The number of hydrogen-bond acceptors (Lipinski definition) is 3. The lowest BCUT2D eigenvalue weighted by Gasteiger charge is -2.17. The molecule has 0 aliphatic carbocycles. The fourth-order valence-electron chi connectivity index (χ4n) is 2.31. The van der Waals surface area contributed by atoms with Crippen molar-refractivity contribution in [1.29, 1.82) is 0 Å². The van der Waals surface area contributed by atoms with Gasteiger partial charge in [-0.2, -0.15) is 0 Å². The summed E-state index contributed by atoms with van der Waals surface area (Å²) in [6.07, 6.45) is 0.233. The molecule has 0 saturated carbocycles. The molecule has 1 unspecified atom stereocenters. The van der Waals surface area contributed by atoms with E-state index < -0.39 is 0 Å². The van der Waals surface area contributed by atoms with Crippen LogP contribution >= 0.6 is 0 Å². The van der Waals surface area contributed by atoms with Crippen LogP contribution in [0.25, 0.3) is 0 Å². The van der Waals surface area contributed by atoms with Crippen molar-refractivity contribution in [2.24, 2.45) is 0 Å². The van der Waals surface area contributed by atoms with Gasteiger partial charge in [-0.3, -0.25) is 0 Å². The largest absolute Gasteiger partial charge is 0.392 e. The van der Waals surface area contributed by atoms with Gasteiger partial charge >= 0.3 is 0 Å². The lowest BCUT2D eigenvalue weighted by atomic mass is 10.0. The summed E-state index contributed by atoms with van der Waals surface area (Å²) in [5.41, 5.74) is 4.34. The number of anilines is 1. The summed E-state index contributed by atoms with van der Waals surface area (Å²) in [7, 11) is 0. The van der Waals surface area contributed by atoms with Gasteiger partial charge in [0.2, 0.25) is 0 Å². The summed E-state index contributed by atoms with van der Waals surface area (Å²) in [6.45, 7) is 6.90. The molecule has 0 spiro atoms. The Bertz CT molecular complexity index is 595. The van der Waals surface area contributed by atoms with Gasteiger partial charge < -0.3 is 15.2 Å². The molecule has 1 atom stereocenters. The Hall–Kier alpha value is -1.84. The van der Waals surface area contributed by atoms with Crippen molar-refractivity contribution < 1.29 is 9.84 Å². The first-order valence-electron chi connectivity index (χ1n) is 7.75. The van der Waals surface area contributed by atoms with E-state index in [0.29, 0.717) is 6.61 Å². The molecule has 0 heterocycles. The van der Waals surface area contributed by atoms with Gasteiger partial charge in [-0.05, 0) is 49.6 Å². The van der Waals surface area contributed by atoms with Crippen LogP contribution in [0.15, 0.2) is 48.5 Å². The number of hydrogen-bond donors (Lipinski definition) is 2. The minimum atomic E-state index is 0.0720. The van der Waals surface area contributed by atoms with Crippen molar-refractivity contribution in [1.82, 2.24) is 0 Å². The average Bonchev–Trinajstić information content (AvgIpc) is 2.53. The van der Waals surface area contributed by atoms with Crippen LogP contribution < -0.4 is 5.32 Å². The molecule has 118 valence electrons. The van der Waals surface area contributed by atoms with Crippen molar-refractivity contribution in [2.45, 2.75) is 46.1 Å². The van der Waals surface area contributed by atoms with Crippen LogP contribution in [0.5, 0.6) is 0 Å². The second-order valence-electron chi connectivity index (χ2n) is 5.83. The molecule has 0 aromatic heterocycles. The van der Waals surface area contributed by atoms with Crippen LogP contribution in [-0.4, -0.2) is 11.2 Å². The quantitative estimate of drug-likeness (QED) is 0.802. The zero-order chi connectivity index (χ0) is 15.9. The summed E-state index contributed by atoms with van der Waals surface area (Å²) in [5.74, 6) is 0. The molecule has 22 heavy (non-hydrogen) atoms. The van der Waals surface area contributed by atoms with Crippen molar-refractivity contribution in [3.05, 3.63) is 65.2 Å². The van der Waals surface area contributed by atoms with Crippen molar-refractivity contribution >= 4 is 5.69 Å². The summed E-state index contributed by atoms with van der Waals surface area (Å²) in [6, 6.07) is 16.5. The van der Waals surface area contributed by atoms with Crippen LogP contribution in [0.4, 0.5) is 5.69 Å². The van der Waals surface area contributed by atoms with Gasteiger partial charge in [0.05, 0.1) is 19.3 Å². The summed E-state index contributed by atoms with van der Waals surface area (Å²) in [4.78, 5) is 0. The van der Waals surface area contributed by atoms with E-state index in [2.05, 4.69) is 36.5 Å². The highest BCUT2D eigenvalue weighted by atomic mass is 16.5. The predicted molar refractivity (Wildman–Crippen MR) is 90.8 cm³/mol. The molecular weight excluding hydrogens is 274 g/mol. The number of rotatable bonds is 7. The molecule has 0 saturated heterocycles. The first-order valence-corrected chi connectivity index (χ1v) is 7.75. The van der Waals surface area contributed by atoms with E-state index in [4.69, 9.17) is 4.74 Å². The highest BCUT2D eigenvalue weighted by Crippen LogP contribution is 2.21. The van der Waals surface area contributed by atoms with Gasteiger partial charge in [-0.25, -0.2) is 0 Å².